The fourth-order valence-electron chi connectivity index (χ4n) is 2.47. The number of nitriles is 2. The molecule has 0 unspecified atom stereocenters. The van der Waals surface area contributed by atoms with E-state index in [1.807, 2.05) is 12.1 Å². The summed E-state index contributed by atoms with van der Waals surface area (Å²) >= 11 is 0. The van der Waals surface area contributed by atoms with Gasteiger partial charge < -0.3 is 5.10 Å². The van der Waals surface area contributed by atoms with Gasteiger partial charge in [-0.15, -0.1) is 0 Å². The first-order chi connectivity index (χ1) is 10.1. The highest BCUT2D eigenvalue weighted by Gasteiger charge is 2.31. The summed E-state index contributed by atoms with van der Waals surface area (Å²) < 4.78 is 14.1. The summed E-state index contributed by atoms with van der Waals surface area (Å²) in [7, 11) is 0. The number of H-pyrrole nitrogens is 2. The first-order valence-electron chi connectivity index (χ1n) is 6.38. The van der Waals surface area contributed by atoms with E-state index in [0.29, 0.717) is 11.3 Å². The zero-order valence-electron chi connectivity index (χ0n) is 11.4. The number of nitrogens with zero attached hydrogens (tertiary/aromatic N) is 2. The zero-order chi connectivity index (χ0) is 15.4. The summed E-state index contributed by atoms with van der Waals surface area (Å²) in [5, 5.41) is 23.3. The summed E-state index contributed by atoms with van der Waals surface area (Å²) in [6.45, 7) is 1.67. The first-order valence-corrected chi connectivity index (χ1v) is 6.38. The van der Waals surface area contributed by atoms with Crippen LogP contribution in [0.15, 0.2) is 29.1 Å². The highest BCUT2D eigenvalue weighted by molar-refractivity contribution is 5.37. The maximum Gasteiger partial charge on any atom is 0.268 e. The Hall–Kier alpha value is -2.86. The van der Waals surface area contributed by atoms with E-state index in [0.717, 1.165) is 0 Å². The van der Waals surface area contributed by atoms with Crippen molar-refractivity contribution in [3.63, 3.8) is 0 Å². The van der Waals surface area contributed by atoms with Crippen LogP contribution in [-0.2, 0) is 0 Å². The van der Waals surface area contributed by atoms with Crippen LogP contribution in [0.4, 0.5) is 4.39 Å². The van der Waals surface area contributed by atoms with Crippen molar-refractivity contribution < 1.29 is 4.39 Å². The molecule has 5 nitrogen and oxygen atoms in total. The van der Waals surface area contributed by atoms with Crippen molar-refractivity contribution >= 4 is 0 Å². The third kappa shape index (κ3) is 2.70. The standard InChI is InChI=1S/C15H13FN4O/c1-9-13(15(21)20-19-9)14(10(8-18)6-7-17)11-4-2-3-5-12(11)16/h2-5,10,14H,6H2,1H3,(H2,19,20,21)/t10-,14+/m1/s1. The van der Waals surface area contributed by atoms with Crippen LogP contribution in [0.3, 0.4) is 0 Å². The number of benzene rings is 1. The van der Waals surface area contributed by atoms with Crippen molar-refractivity contribution in [2.45, 2.75) is 19.3 Å². The lowest BCUT2D eigenvalue weighted by Crippen LogP contribution is -2.21. The molecule has 6 heteroatoms. The maximum atomic E-state index is 14.1. The van der Waals surface area contributed by atoms with Gasteiger partial charge >= 0.3 is 0 Å². The molecule has 0 radical (unpaired) electrons. The lowest BCUT2D eigenvalue weighted by molar-refractivity contribution is 0.540. The van der Waals surface area contributed by atoms with Crippen LogP contribution < -0.4 is 5.56 Å². The minimum atomic E-state index is -0.803. The molecule has 106 valence electrons. The monoisotopic (exact) mass is 284 g/mol. The quantitative estimate of drug-likeness (QED) is 0.901. The Bertz CT molecular complexity index is 778. The van der Waals surface area contributed by atoms with Gasteiger partial charge in [-0.25, -0.2) is 4.39 Å². The number of rotatable bonds is 4. The second-order valence-electron chi connectivity index (χ2n) is 4.71. The highest BCUT2D eigenvalue weighted by atomic mass is 19.1. The molecule has 2 rings (SSSR count). The van der Waals surface area contributed by atoms with Crippen LogP contribution in [0.5, 0.6) is 0 Å². The topological polar surface area (TPSA) is 96.2 Å². The van der Waals surface area contributed by atoms with Gasteiger partial charge in [0.25, 0.3) is 5.56 Å². The molecule has 0 saturated heterocycles. The van der Waals surface area contributed by atoms with E-state index in [4.69, 9.17) is 5.26 Å². The molecule has 0 saturated carbocycles. The molecule has 1 heterocycles. The van der Waals surface area contributed by atoms with Gasteiger partial charge in [-0.05, 0) is 18.6 Å². The number of aromatic amines is 2. The predicted octanol–water partition coefficient (Wildman–Crippen LogP) is 2.34. The molecule has 2 N–H and O–H groups in total. The normalized spacial score (nSPS) is 13.1. The van der Waals surface area contributed by atoms with E-state index < -0.39 is 23.2 Å². The van der Waals surface area contributed by atoms with Crippen LogP contribution in [0.2, 0.25) is 0 Å². The number of aryl methyl sites for hydroxylation is 1. The second kappa shape index (κ2) is 6.06. The molecule has 0 aliphatic carbocycles. The third-order valence-electron chi connectivity index (χ3n) is 3.44. The van der Waals surface area contributed by atoms with Gasteiger partial charge in [0.1, 0.15) is 5.82 Å². The van der Waals surface area contributed by atoms with Gasteiger partial charge in [-0.3, -0.25) is 9.89 Å². The molecule has 21 heavy (non-hydrogen) atoms. The minimum absolute atomic E-state index is 0.0838. The van der Waals surface area contributed by atoms with E-state index in [1.54, 1.807) is 13.0 Å². The molecule has 0 bridgehead atoms. The number of nitrogens with one attached hydrogen (secondary N) is 2. The smallest absolute Gasteiger partial charge is 0.268 e. The van der Waals surface area contributed by atoms with Crippen molar-refractivity contribution in [2.24, 2.45) is 5.92 Å². The molecule has 0 aliphatic heterocycles. The Morgan fingerprint density at radius 3 is 2.52 bits per heavy atom. The molecule has 0 aliphatic rings. The van der Waals surface area contributed by atoms with Gasteiger partial charge in [0.2, 0.25) is 0 Å². The SMILES string of the molecule is Cc1[nH][nH]c(=O)c1[C@H](c1ccccc1F)[C@@H](C#N)CC#N. The fraction of sp³-hybridized carbons (Fsp3) is 0.267. The molecule has 0 fully saturated rings. The lowest BCUT2D eigenvalue weighted by atomic mass is 9.80. The Labute approximate surface area is 120 Å². The molecule has 0 spiro atoms. The number of aromatic nitrogens is 2. The van der Waals surface area contributed by atoms with E-state index in [1.165, 1.54) is 18.2 Å². The van der Waals surface area contributed by atoms with Crippen molar-refractivity contribution in [2.75, 3.05) is 0 Å². The average Bonchev–Trinajstić information content (AvgIpc) is 2.80. The number of hydrogen-bond acceptors (Lipinski definition) is 3. The summed E-state index contributed by atoms with van der Waals surface area (Å²) in [4.78, 5) is 12.0. The minimum Gasteiger partial charge on any atom is -0.302 e. The Morgan fingerprint density at radius 2 is 2.00 bits per heavy atom. The lowest BCUT2D eigenvalue weighted by Gasteiger charge is -2.20. The van der Waals surface area contributed by atoms with Gasteiger partial charge in [-0.2, -0.15) is 10.5 Å². The highest BCUT2D eigenvalue weighted by Crippen LogP contribution is 2.34. The largest absolute Gasteiger partial charge is 0.302 e. The molecule has 2 atom stereocenters. The summed E-state index contributed by atoms with van der Waals surface area (Å²) in [6, 6.07) is 9.93. The molecule has 2 aromatic rings. The molecular formula is C15H13FN4O. The van der Waals surface area contributed by atoms with E-state index in [-0.39, 0.29) is 12.0 Å². The van der Waals surface area contributed by atoms with Crippen LogP contribution in [0.25, 0.3) is 0 Å². The van der Waals surface area contributed by atoms with Crippen LogP contribution >= 0.6 is 0 Å². The summed E-state index contributed by atoms with van der Waals surface area (Å²) in [5.41, 5.74) is 0.666. The van der Waals surface area contributed by atoms with E-state index in [9.17, 15) is 14.4 Å². The van der Waals surface area contributed by atoms with Gasteiger partial charge in [0.15, 0.2) is 0 Å². The van der Waals surface area contributed by atoms with E-state index >= 15 is 0 Å². The second-order valence-corrected chi connectivity index (χ2v) is 4.71. The Balaban J connectivity index is 2.67. The van der Waals surface area contributed by atoms with Gasteiger partial charge in [0, 0.05) is 17.2 Å². The van der Waals surface area contributed by atoms with Crippen molar-refractivity contribution in [3.8, 4) is 12.1 Å². The Morgan fingerprint density at radius 1 is 1.29 bits per heavy atom. The van der Waals surface area contributed by atoms with Crippen LogP contribution in [0, 0.1) is 41.3 Å². The Kier molecular flexibility index (Phi) is 4.20. The number of hydrogen-bond donors (Lipinski definition) is 2. The third-order valence-corrected chi connectivity index (χ3v) is 3.44. The molecule has 0 amide bonds. The van der Waals surface area contributed by atoms with Crippen LogP contribution in [-0.4, -0.2) is 10.2 Å². The number of halogens is 1. The first kappa shape index (κ1) is 14.5. The zero-order valence-corrected chi connectivity index (χ0v) is 11.4. The molecule has 1 aromatic carbocycles. The fourth-order valence-corrected chi connectivity index (χ4v) is 2.47. The molecular weight excluding hydrogens is 271 g/mol. The maximum absolute atomic E-state index is 14.1. The van der Waals surface area contributed by atoms with Gasteiger partial charge in [-0.1, -0.05) is 18.2 Å². The van der Waals surface area contributed by atoms with Crippen LogP contribution in [0.1, 0.15) is 29.2 Å². The molecule has 1 aromatic heterocycles. The van der Waals surface area contributed by atoms with E-state index in [2.05, 4.69) is 10.2 Å². The van der Waals surface area contributed by atoms with Crippen molar-refractivity contribution in [3.05, 3.63) is 57.3 Å². The average molecular weight is 284 g/mol. The summed E-state index contributed by atoms with van der Waals surface area (Å²) in [5.74, 6) is -2.09. The van der Waals surface area contributed by atoms with Gasteiger partial charge in [0.05, 0.1) is 24.5 Å². The summed E-state index contributed by atoms with van der Waals surface area (Å²) in [6.07, 6.45) is -0.0838. The van der Waals surface area contributed by atoms with Crippen molar-refractivity contribution in [1.82, 2.24) is 10.2 Å². The predicted molar refractivity (Wildman–Crippen MR) is 73.7 cm³/mol. The van der Waals surface area contributed by atoms with Crippen molar-refractivity contribution in [1.29, 1.82) is 10.5 Å².